The Kier molecular flexibility index (Phi) is 5.30. The average molecular weight is 366 g/mol. The van der Waals surface area contributed by atoms with Gasteiger partial charge in [-0.3, -0.25) is 14.2 Å². The highest BCUT2D eigenvalue weighted by molar-refractivity contribution is 7.99. The lowest BCUT2D eigenvalue weighted by atomic mass is 10.2. The van der Waals surface area contributed by atoms with Crippen molar-refractivity contribution in [2.45, 2.75) is 64.2 Å². The highest BCUT2D eigenvalue weighted by Crippen LogP contribution is 2.28. The zero-order chi connectivity index (χ0) is 17.3. The summed E-state index contributed by atoms with van der Waals surface area (Å²) in [5.41, 5.74) is 1.06. The van der Waals surface area contributed by atoms with E-state index in [1.807, 2.05) is 13.8 Å². The molecule has 1 N–H and O–H groups in total. The van der Waals surface area contributed by atoms with Gasteiger partial charge in [0.15, 0.2) is 5.16 Å². The van der Waals surface area contributed by atoms with Crippen LogP contribution in [0.15, 0.2) is 9.95 Å². The first-order valence-corrected chi connectivity index (χ1v) is 10.2. The lowest BCUT2D eigenvalue weighted by Gasteiger charge is -2.11. The van der Waals surface area contributed by atoms with Crippen LogP contribution in [0.25, 0.3) is 10.2 Å². The fourth-order valence-corrected chi connectivity index (χ4v) is 4.47. The minimum absolute atomic E-state index is 0.0254. The van der Waals surface area contributed by atoms with Crippen LogP contribution in [0.4, 0.5) is 0 Å². The Bertz CT molecular complexity index is 821. The molecule has 3 rings (SSSR count). The van der Waals surface area contributed by atoms with Gasteiger partial charge in [0.1, 0.15) is 4.83 Å². The topological polar surface area (TPSA) is 64.0 Å². The number of unbranched alkanes of at least 4 members (excludes halogenated alkanes) is 1. The SMILES string of the molecule is CCCCn1c(SCC(=O)NC2CC2)nc2sc(C)c(C)c2c1=O. The summed E-state index contributed by atoms with van der Waals surface area (Å²) in [5, 5.41) is 4.38. The summed E-state index contributed by atoms with van der Waals surface area (Å²) in [7, 11) is 0. The standard InChI is InChI=1S/C17H23N3O2S2/c1-4-5-8-20-16(22)14-10(2)11(3)24-15(14)19-17(20)23-9-13(21)18-12-6-7-12/h12H,4-9H2,1-3H3,(H,18,21). The molecule has 24 heavy (non-hydrogen) atoms. The number of carbonyl (C=O) groups is 1. The number of amides is 1. The molecule has 0 unspecified atom stereocenters. The van der Waals surface area contributed by atoms with Crippen molar-refractivity contribution in [3.05, 3.63) is 20.8 Å². The summed E-state index contributed by atoms with van der Waals surface area (Å²) < 4.78 is 1.75. The first-order valence-electron chi connectivity index (χ1n) is 8.44. The molecule has 0 aromatic carbocycles. The first-order chi connectivity index (χ1) is 11.5. The van der Waals surface area contributed by atoms with Crippen LogP contribution >= 0.6 is 23.1 Å². The van der Waals surface area contributed by atoms with Gasteiger partial charge in [0.2, 0.25) is 5.91 Å². The van der Waals surface area contributed by atoms with Gasteiger partial charge < -0.3 is 5.32 Å². The first kappa shape index (κ1) is 17.5. The largest absolute Gasteiger partial charge is 0.353 e. The van der Waals surface area contributed by atoms with Crippen LogP contribution in [0.3, 0.4) is 0 Å². The average Bonchev–Trinajstić information content (AvgIpc) is 3.30. The van der Waals surface area contributed by atoms with Crippen molar-refractivity contribution in [2.75, 3.05) is 5.75 Å². The van der Waals surface area contributed by atoms with Crippen molar-refractivity contribution >= 4 is 39.2 Å². The summed E-state index contributed by atoms with van der Waals surface area (Å²) >= 11 is 2.92. The van der Waals surface area contributed by atoms with E-state index in [-0.39, 0.29) is 11.5 Å². The quantitative estimate of drug-likeness (QED) is 0.604. The number of thioether (sulfide) groups is 1. The molecule has 0 atom stereocenters. The molecule has 0 radical (unpaired) electrons. The Labute approximate surface area is 149 Å². The normalized spacial score (nSPS) is 14.3. The second-order valence-corrected chi connectivity index (χ2v) is 8.44. The Morgan fingerprint density at radius 2 is 2.17 bits per heavy atom. The zero-order valence-corrected chi connectivity index (χ0v) is 16.0. The van der Waals surface area contributed by atoms with Gasteiger partial charge in [-0.1, -0.05) is 25.1 Å². The molecule has 1 saturated carbocycles. The maximum absolute atomic E-state index is 12.9. The van der Waals surface area contributed by atoms with Crippen molar-refractivity contribution in [1.29, 1.82) is 0 Å². The number of nitrogens with zero attached hydrogens (tertiary/aromatic N) is 2. The second kappa shape index (κ2) is 7.27. The Morgan fingerprint density at radius 1 is 1.42 bits per heavy atom. The Hall–Kier alpha value is -1.34. The van der Waals surface area contributed by atoms with Crippen molar-refractivity contribution < 1.29 is 4.79 Å². The highest BCUT2D eigenvalue weighted by Gasteiger charge is 2.23. The molecular weight excluding hydrogens is 342 g/mol. The van der Waals surface area contributed by atoms with Crippen LogP contribution < -0.4 is 10.9 Å². The molecule has 2 aromatic heterocycles. The summed E-state index contributed by atoms with van der Waals surface area (Å²) in [6, 6.07) is 0.360. The third kappa shape index (κ3) is 3.67. The number of hydrogen-bond donors (Lipinski definition) is 1. The number of hydrogen-bond acceptors (Lipinski definition) is 5. The molecule has 0 spiro atoms. The Balaban J connectivity index is 1.91. The summed E-state index contributed by atoms with van der Waals surface area (Å²) in [5.74, 6) is 0.335. The van der Waals surface area contributed by atoms with Crippen LogP contribution in [0.2, 0.25) is 0 Å². The molecule has 1 amide bonds. The predicted molar refractivity (Wildman–Crippen MR) is 100 cm³/mol. The van der Waals surface area contributed by atoms with Crippen LogP contribution in [0, 0.1) is 13.8 Å². The molecule has 2 aromatic rings. The third-order valence-electron chi connectivity index (χ3n) is 4.26. The fourth-order valence-electron chi connectivity index (χ4n) is 2.56. The minimum atomic E-state index is 0.0254. The number of thiophene rings is 1. The minimum Gasteiger partial charge on any atom is -0.353 e. The molecule has 130 valence electrons. The maximum Gasteiger partial charge on any atom is 0.263 e. The number of rotatable bonds is 7. The van der Waals surface area contributed by atoms with Gasteiger partial charge in [-0.15, -0.1) is 11.3 Å². The lowest BCUT2D eigenvalue weighted by molar-refractivity contribution is -0.118. The van der Waals surface area contributed by atoms with E-state index in [9.17, 15) is 9.59 Å². The maximum atomic E-state index is 12.9. The molecule has 1 aliphatic rings. The van der Waals surface area contributed by atoms with Crippen molar-refractivity contribution in [3.63, 3.8) is 0 Å². The van der Waals surface area contributed by atoms with Gasteiger partial charge in [-0.05, 0) is 38.7 Å². The van der Waals surface area contributed by atoms with Crippen molar-refractivity contribution in [3.8, 4) is 0 Å². The smallest absolute Gasteiger partial charge is 0.263 e. The van der Waals surface area contributed by atoms with E-state index in [0.29, 0.717) is 23.5 Å². The van der Waals surface area contributed by atoms with Gasteiger partial charge in [0.25, 0.3) is 5.56 Å². The third-order valence-corrected chi connectivity index (χ3v) is 6.34. The molecule has 5 nitrogen and oxygen atoms in total. The van der Waals surface area contributed by atoms with Crippen molar-refractivity contribution in [1.82, 2.24) is 14.9 Å². The summed E-state index contributed by atoms with van der Waals surface area (Å²) in [4.78, 5) is 31.5. The molecule has 7 heteroatoms. The second-order valence-electron chi connectivity index (χ2n) is 6.30. The number of aryl methyl sites for hydroxylation is 2. The molecule has 0 bridgehead atoms. The van der Waals surface area contributed by atoms with Gasteiger partial charge in [-0.2, -0.15) is 0 Å². The van der Waals surface area contributed by atoms with Crippen molar-refractivity contribution in [2.24, 2.45) is 0 Å². The van der Waals surface area contributed by atoms with E-state index < -0.39 is 0 Å². The number of nitrogens with one attached hydrogen (secondary N) is 1. The number of carbonyl (C=O) groups excluding carboxylic acids is 1. The molecule has 1 fully saturated rings. The van der Waals surface area contributed by atoms with Gasteiger partial charge in [0, 0.05) is 17.5 Å². The van der Waals surface area contributed by atoms with E-state index in [0.717, 1.165) is 46.3 Å². The summed E-state index contributed by atoms with van der Waals surface area (Å²) in [6.07, 6.45) is 4.10. The number of fused-ring (bicyclic) bond motifs is 1. The highest BCUT2D eigenvalue weighted by atomic mass is 32.2. The van der Waals surface area contributed by atoms with E-state index in [1.165, 1.54) is 11.8 Å². The van der Waals surface area contributed by atoms with Gasteiger partial charge in [-0.25, -0.2) is 4.98 Å². The number of aromatic nitrogens is 2. The molecule has 2 heterocycles. The van der Waals surface area contributed by atoms with Crippen LogP contribution in [0.5, 0.6) is 0 Å². The van der Waals surface area contributed by atoms with E-state index in [1.54, 1.807) is 15.9 Å². The van der Waals surface area contributed by atoms with E-state index >= 15 is 0 Å². The monoisotopic (exact) mass is 365 g/mol. The molecule has 0 saturated heterocycles. The van der Waals surface area contributed by atoms with Crippen LogP contribution in [-0.2, 0) is 11.3 Å². The Morgan fingerprint density at radius 3 is 2.83 bits per heavy atom. The van der Waals surface area contributed by atoms with Crippen LogP contribution in [0.1, 0.15) is 43.0 Å². The molecule has 0 aliphatic heterocycles. The van der Waals surface area contributed by atoms with Crippen LogP contribution in [-0.4, -0.2) is 27.3 Å². The lowest BCUT2D eigenvalue weighted by Crippen LogP contribution is -2.28. The van der Waals surface area contributed by atoms with Gasteiger partial charge in [0.05, 0.1) is 11.1 Å². The van der Waals surface area contributed by atoms with E-state index in [4.69, 9.17) is 4.98 Å². The van der Waals surface area contributed by atoms with Gasteiger partial charge >= 0.3 is 0 Å². The van der Waals surface area contributed by atoms with E-state index in [2.05, 4.69) is 12.2 Å². The molecule has 1 aliphatic carbocycles. The predicted octanol–water partition coefficient (Wildman–Crippen LogP) is 3.25. The fraction of sp³-hybridized carbons (Fsp3) is 0.588. The summed E-state index contributed by atoms with van der Waals surface area (Å²) in [6.45, 7) is 6.76. The molecular formula is C17H23N3O2S2. The zero-order valence-electron chi connectivity index (χ0n) is 14.3.